The monoisotopic (exact) mass is 425 g/mol. The Hall–Kier alpha value is -2.11. The number of halogens is 2. The van der Waals surface area contributed by atoms with E-state index in [2.05, 4.69) is 16.0 Å². The van der Waals surface area contributed by atoms with Crippen LogP contribution in [0.2, 0.25) is 10.0 Å². The Labute approximate surface area is 179 Å². The molecule has 0 spiro atoms. The van der Waals surface area contributed by atoms with Gasteiger partial charge in [-0.3, -0.25) is 9.88 Å². The van der Waals surface area contributed by atoms with Gasteiger partial charge in [0, 0.05) is 41.3 Å². The highest BCUT2D eigenvalue weighted by Crippen LogP contribution is 2.39. The maximum Gasteiger partial charge on any atom is 0.137 e. The average Bonchev–Trinajstić information content (AvgIpc) is 3.17. The Morgan fingerprint density at radius 3 is 2.62 bits per heavy atom. The Balaban J connectivity index is 1.61. The minimum atomic E-state index is 0.299. The van der Waals surface area contributed by atoms with Gasteiger partial charge in [0.25, 0.3) is 0 Å². The zero-order valence-corrected chi connectivity index (χ0v) is 17.4. The van der Waals surface area contributed by atoms with Gasteiger partial charge < -0.3 is 10.2 Å². The highest BCUT2D eigenvalue weighted by atomic mass is 35.5. The zero-order valence-electron chi connectivity index (χ0n) is 15.9. The third kappa shape index (κ3) is 3.51. The normalized spacial score (nSPS) is 16.1. The molecule has 0 aliphatic carbocycles. The van der Waals surface area contributed by atoms with Crippen LogP contribution >= 0.6 is 23.2 Å². The molecule has 0 bridgehead atoms. The second-order valence-electron chi connectivity index (χ2n) is 7.71. The van der Waals surface area contributed by atoms with E-state index in [-0.39, 0.29) is 0 Å². The molecule has 2 N–H and O–H groups in total. The van der Waals surface area contributed by atoms with Crippen molar-refractivity contribution in [1.29, 1.82) is 0 Å². The maximum atomic E-state index is 6.67. The molecule has 3 heterocycles. The predicted octanol–water partition coefficient (Wildman–Crippen LogP) is 5.88. The predicted molar refractivity (Wildman–Crippen MR) is 119 cm³/mol. The lowest BCUT2D eigenvalue weighted by Crippen LogP contribution is -2.39. The molecule has 0 amide bonds. The first-order valence-electron chi connectivity index (χ1n) is 9.81. The quantitative estimate of drug-likeness (QED) is 0.445. The highest BCUT2D eigenvalue weighted by Gasteiger charge is 2.20. The number of nitrogens with zero attached hydrogens (tertiary/aromatic N) is 2. The standard InChI is InChI=1S/C23H21Cl2N3O/c24-22-15(13-28-7-5-16(26)6-8-28)9-17-18(11-27-12-19(17)23(22)25)21-10-14-3-1-2-4-20(14)29-21/h1-4,9-12,16H,5-8,13,26H2. The smallest absolute Gasteiger partial charge is 0.137 e. The van der Waals surface area contributed by atoms with Crippen LogP contribution in [-0.2, 0) is 6.54 Å². The molecule has 1 aliphatic rings. The van der Waals surface area contributed by atoms with E-state index in [9.17, 15) is 0 Å². The second kappa shape index (κ2) is 7.62. The number of piperidine rings is 1. The number of para-hydroxylation sites is 1. The van der Waals surface area contributed by atoms with E-state index in [1.54, 1.807) is 6.20 Å². The summed E-state index contributed by atoms with van der Waals surface area (Å²) in [6, 6.07) is 12.4. The van der Waals surface area contributed by atoms with E-state index in [4.69, 9.17) is 33.4 Å². The maximum absolute atomic E-state index is 6.67. The molecule has 0 saturated carbocycles. The summed E-state index contributed by atoms with van der Waals surface area (Å²) in [4.78, 5) is 6.77. The van der Waals surface area contributed by atoms with Gasteiger partial charge in [-0.1, -0.05) is 41.4 Å². The molecule has 4 nitrogen and oxygen atoms in total. The molecule has 0 radical (unpaired) electrons. The number of furan rings is 1. The Bertz CT molecular complexity index is 1160. The molecule has 4 aromatic rings. The van der Waals surface area contributed by atoms with Crippen molar-refractivity contribution < 1.29 is 4.42 Å². The minimum absolute atomic E-state index is 0.299. The minimum Gasteiger partial charge on any atom is -0.456 e. The van der Waals surface area contributed by atoms with Crippen LogP contribution in [0.1, 0.15) is 18.4 Å². The number of benzene rings is 2. The molecule has 2 aromatic heterocycles. The van der Waals surface area contributed by atoms with Crippen molar-refractivity contribution in [3.05, 3.63) is 64.4 Å². The first kappa shape index (κ1) is 18.9. The summed E-state index contributed by atoms with van der Waals surface area (Å²) in [6.45, 7) is 2.70. The summed E-state index contributed by atoms with van der Waals surface area (Å²) in [5.41, 5.74) is 8.83. The first-order chi connectivity index (χ1) is 14.1. The van der Waals surface area contributed by atoms with E-state index in [1.165, 1.54) is 0 Å². The Morgan fingerprint density at radius 1 is 1.03 bits per heavy atom. The fraction of sp³-hybridized carbons (Fsp3) is 0.261. The number of hydrogen-bond acceptors (Lipinski definition) is 4. The van der Waals surface area contributed by atoms with Gasteiger partial charge >= 0.3 is 0 Å². The molecular formula is C23H21Cl2N3O. The van der Waals surface area contributed by atoms with Gasteiger partial charge in [0.2, 0.25) is 0 Å². The van der Waals surface area contributed by atoms with E-state index in [1.807, 2.05) is 36.5 Å². The van der Waals surface area contributed by atoms with Crippen LogP contribution in [0.4, 0.5) is 0 Å². The SMILES string of the molecule is NC1CCN(Cc2cc3c(-c4cc5ccccc5o4)cncc3c(Cl)c2Cl)CC1. The molecular weight excluding hydrogens is 405 g/mol. The van der Waals surface area contributed by atoms with E-state index in [0.717, 1.165) is 71.1 Å². The van der Waals surface area contributed by atoms with Crippen LogP contribution in [0.5, 0.6) is 0 Å². The molecule has 1 aliphatic heterocycles. The Morgan fingerprint density at radius 2 is 1.83 bits per heavy atom. The molecule has 2 aromatic carbocycles. The highest BCUT2D eigenvalue weighted by molar-refractivity contribution is 6.46. The van der Waals surface area contributed by atoms with Gasteiger partial charge in [-0.2, -0.15) is 0 Å². The fourth-order valence-corrected chi connectivity index (χ4v) is 4.56. The van der Waals surface area contributed by atoms with E-state index in [0.29, 0.717) is 16.1 Å². The van der Waals surface area contributed by atoms with Crippen molar-refractivity contribution in [2.45, 2.75) is 25.4 Å². The number of likely N-dealkylation sites (tertiary alicyclic amines) is 1. The van der Waals surface area contributed by atoms with Crippen LogP contribution in [0.3, 0.4) is 0 Å². The largest absolute Gasteiger partial charge is 0.456 e. The number of nitrogens with two attached hydrogens (primary N) is 1. The molecule has 29 heavy (non-hydrogen) atoms. The summed E-state index contributed by atoms with van der Waals surface area (Å²) >= 11 is 13.3. The molecule has 148 valence electrons. The number of aromatic nitrogens is 1. The summed E-state index contributed by atoms with van der Waals surface area (Å²) in [5.74, 6) is 0.776. The molecule has 6 heteroatoms. The van der Waals surface area contributed by atoms with Gasteiger partial charge in [-0.05, 0) is 55.1 Å². The topological polar surface area (TPSA) is 55.3 Å². The third-order valence-electron chi connectivity index (χ3n) is 5.73. The summed E-state index contributed by atoms with van der Waals surface area (Å²) < 4.78 is 6.09. The lowest BCUT2D eigenvalue weighted by atomic mass is 10.0. The van der Waals surface area contributed by atoms with Crippen LogP contribution in [0, 0.1) is 0 Å². The van der Waals surface area contributed by atoms with Gasteiger partial charge in [0.05, 0.1) is 10.0 Å². The Kier molecular flexibility index (Phi) is 4.96. The van der Waals surface area contributed by atoms with Gasteiger partial charge in [-0.15, -0.1) is 0 Å². The van der Waals surface area contributed by atoms with Gasteiger partial charge in [0.1, 0.15) is 11.3 Å². The van der Waals surface area contributed by atoms with Crippen molar-refractivity contribution >= 4 is 44.9 Å². The van der Waals surface area contributed by atoms with Crippen molar-refractivity contribution in [2.75, 3.05) is 13.1 Å². The van der Waals surface area contributed by atoms with Crippen molar-refractivity contribution in [1.82, 2.24) is 9.88 Å². The third-order valence-corrected chi connectivity index (χ3v) is 6.66. The number of rotatable bonds is 3. The number of fused-ring (bicyclic) bond motifs is 2. The zero-order chi connectivity index (χ0) is 20.0. The summed E-state index contributed by atoms with van der Waals surface area (Å²) in [5, 5.41) is 4.02. The van der Waals surface area contributed by atoms with Crippen molar-refractivity contribution in [2.24, 2.45) is 5.73 Å². The average molecular weight is 426 g/mol. The first-order valence-corrected chi connectivity index (χ1v) is 10.6. The molecule has 5 rings (SSSR count). The van der Waals surface area contributed by atoms with Gasteiger partial charge in [-0.25, -0.2) is 0 Å². The second-order valence-corrected chi connectivity index (χ2v) is 8.46. The molecule has 0 unspecified atom stereocenters. The molecule has 1 saturated heterocycles. The summed E-state index contributed by atoms with van der Waals surface area (Å²) in [6.07, 6.45) is 5.60. The molecule has 0 atom stereocenters. The lowest BCUT2D eigenvalue weighted by Gasteiger charge is -2.30. The van der Waals surface area contributed by atoms with Crippen molar-refractivity contribution in [3.8, 4) is 11.3 Å². The number of pyridine rings is 1. The van der Waals surface area contributed by atoms with Crippen LogP contribution in [0.15, 0.2) is 53.2 Å². The van der Waals surface area contributed by atoms with Crippen LogP contribution in [0.25, 0.3) is 33.1 Å². The van der Waals surface area contributed by atoms with Crippen molar-refractivity contribution in [3.63, 3.8) is 0 Å². The molecule has 1 fully saturated rings. The fourth-order valence-electron chi connectivity index (χ4n) is 4.08. The van der Waals surface area contributed by atoms with E-state index >= 15 is 0 Å². The number of hydrogen-bond donors (Lipinski definition) is 1. The van der Waals surface area contributed by atoms with Gasteiger partial charge in [0.15, 0.2) is 0 Å². The lowest BCUT2D eigenvalue weighted by molar-refractivity contribution is 0.206. The summed E-state index contributed by atoms with van der Waals surface area (Å²) in [7, 11) is 0. The van der Waals surface area contributed by atoms with E-state index < -0.39 is 0 Å². The van der Waals surface area contributed by atoms with Crippen LogP contribution < -0.4 is 5.73 Å². The van der Waals surface area contributed by atoms with Crippen LogP contribution in [-0.4, -0.2) is 29.0 Å².